The molecule has 0 radical (unpaired) electrons. The summed E-state index contributed by atoms with van der Waals surface area (Å²) in [6, 6.07) is 15.7. The molecule has 0 aromatic heterocycles. The highest BCUT2D eigenvalue weighted by atomic mass is 32.2. The molecular weight excluding hydrogens is 522 g/mol. The lowest BCUT2D eigenvalue weighted by Gasteiger charge is -2.26. The number of benzene rings is 3. The van der Waals surface area contributed by atoms with Crippen LogP contribution in [0.3, 0.4) is 0 Å². The van der Waals surface area contributed by atoms with E-state index in [0.29, 0.717) is 17.7 Å². The van der Waals surface area contributed by atoms with Gasteiger partial charge >= 0.3 is 6.18 Å². The molecule has 3 atom stereocenters. The van der Waals surface area contributed by atoms with Crippen LogP contribution in [0.15, 0.2) is 77.7 Å². The Kier molecular flexibility index (Phi) is 7.04. The van der Waals surface area contributed by atoms with Crippen LogP contribution in [0.2, 0.25) is 0 Å². The van der Waals surface area contributed by atoms with E-state index in [1.165, 1.54) is 28.6 Å². The van der Waals surface area contributed by atoms with Crippen LogP contribution in [0, 0.1) is 17.7 Å². The van der Waals surface area contributed by atoms with Crippen LogP contribution in [-0.2, 0) is 34.0 Å². The normalized spacial score (nSPS) is 21.2. The molecule has 10 heteroatoms. The van der Waals surface area contributed by atoms with E-state index in [-0.39, 0.29) is 42.1 Å². The molecule has 0 spiro atoms. The molecule has 3 aromatic carbocycles. The molecular formula is C28H25F4NO4S. The monoisotopic (exact) mass is 547 g/mol. The molecule has 1 heterocycles. The van der Waals surface area contributed by atoms with Gasteiger partial charge in [-0.05, 0) is 84.3 Å². The Morgan fingerprint density at radius 1 is 0.974 bits per heavy atom. The first-order valence-electron chi connectivity index (χ1n) is 12.2. The van der Waals surface area contributed by atoms with E-state index < -0.39 is 33.6 Å². The lowest BCUT2D eigenvalue weighted by molar-refractivity contribution is -0.137. The highest BCUT2D eigenvalue weighted by Gasteiger charge is 2.58. The minimum absolute atomic E-state index is 0.0103. The summed E-state index contributed by atoms with van der Waals surface area (Å²) in [6.45, 7) is 0.371. The number of hydrogen-bond acceptors (Lipinski definition) is 4. The van der Waals surface area contributed by atoms with Crippen LogP contribution in [0.4, 0.5) is 17.6 Å². The van der Waals surface area contributed by atoms with Gasteiger partial charge in [0.1, 0.15) is 18.2 Å². The minimum Gasteiger partial charge on any atom is -0.489 e. The van der Waals surface area contributed by atoms with Crippen molar-refractivity contribution >= 4 is 15.8 Å². The number of Topliss-reactive ketones (excluding diaryl/α,β-unsaturated/α-hetero) is 1. The van der Waals surface area contributed by atoms with Gasteiger partial charge in [0.05, 0.1) is 16.5 Å². The number of nitrogens with zero attached hydrogens (tertiary/aromatic N) is 1. The third kappa shape index (κ3) is 5.61. The molecule has 1 saturated heterocycles. The van der Waals surface area contributed by atoms with Crippen molar-refractivity contribution in [3.05, 3.63) is 95.3 Å². The van der Waals surface area contributed by atoms with Gasteiger partial charge in [0.2, 0.25) is 10.0 Å². The predicted molar refractivity (Wildman–Crippen MR) is 131 cm³/mol. The van der Waals surface area contributed by atoms with Crippen molar-refractivity contribution in [2.45, 2.75) is 43.0 Å². The average molecular weight is 548 g/mol. The van der Waals surface area contributed by atoms with Crippen LogP contribution in [0.5, 0.6) is 5.75 Å². The van der Waals surface area contributed by atoms with Crippen LogP contribution in [-0.4, -0.2) is 31.1 Å². The zero-order chi connectivity index (χ0) is 27.1. The number of sulfonamides is 1. The molecule has 0 unspecified atom stereocenters. The van der Waals surface area contributed by atoms with Gasteiger partial charge in [-0.25, -0.2) is 12.8 Å². The zero-order valence-electron chi connectivity index (χ0n) is 20.2. The van der Waals surface area contributed by atoms with E-state index >= 15 is 0 Å². The quantitative estimate of drug-likeness (QED) is 0.326. The first-order chi connectivity index (χ1) is 18.0. The Morgan fingerprint density at radius 2 is 1.68 bits per heavy atom. The summed E-state index contributed by atoms with van der Waals surface area (Å²) in [5.41, 5.74) is 0.680. The van der Waals surface area contributed by atoms with Gasteiger partial charge in [-0.2, -0.15) is 17.5 Å². The summed E-state index contributed by atoms with van der Waals surface area (Å²) >= 11 is 0. The van der Waals surface area contributed by atoms with Crippen molar-refractivity contribution in [1.29, 1.82) is 0 Å². The Hall–Kier alpha value is -3.24. The molecule has 0 bridgehead atoms. The summed E-state index contributed by atoms with van der Waals surface area (Å²) < 4.78 is 84.9. The second-order valence-electron chi connectivity index (χ2n) is 9.73. The number of ketones is 1. The number of alkyl halides is 3. The van der Waals surface area contributed by atoms with Gasteiger partial charge in [-0.3, -0.25) is 4.79 Å². The number of carbonyl (C=O) groups is 1. The number of piperidine rings is 1. The van der Waals surface area contributed by atoms with Crippen molar-refractivity contribution in [2.24, 2.45) is 11.8 Å². The van der Waals surface area contributed by atoms with Gasteiger partial charge in [-0.1, -0.05) is 24.3 Å². The molecule has 0 N–H and O–H groups in total. The van der Waals surface area contributed by atoms with E-state index in [9.17, 15) is 30.8 Å². The predicted octanol–water partition coefficient (Wildman–Crippen LogP) is 5.63. The SMILES string of the molecule is O=C(CCc1cccc(OCc2ccc(C(F)(F)F)cc2)c1)[C@@H]1[C@@H]2C[C@@H]2CN1S(=O)(=O)c1ccc(F)cc1. The molecule has 200 valence electrons. The van der Waals surface area contributed by atoms with Crippen molar-refractivity contribution in [3.63, 3.8) is 0 Å². The minimum atomic E-state index is -4.40. The first-order valence-corrected chi connectivity index (χ1v) is 13.6. The van der Waals surface area contributed by atoms with E-state index in [1.54, 1.807) is 18.2 Å². The lowest BCUT2D eigenvalue weighted by atomic mass is 10.0. The maximum atomic E-state index is 13.3. The second-order valence-corrected chi connectivity index (χ2v) is 11.6. The fourth-order valence-corrected chi connectivity index (χ4v) is 6.69. The average Bonchev–Trinajstić information content (AvgIpc) is 3.55. The van der Waals surface area contributed by atoms with Gasteiger partial charge in [0, 0.05) is 13.0 Å². The summed E-state index contributed by atoms with van der Waals surface area (Å²) in [5.74, 6) is -0.00103. The Balaban J connectivity index is 1.20. The maximum Gasteiger partial charge on any atom is 0.416 e. The lowest BCUT2D eigenvalue weighted by Crippen LogP contribution is -2.43. The van der Waals surface area contributed by atoms with Gasteiger partial charge in [-0.15, -0.1) is 0 Å². The number of halogens is 4. The Labute approximate surface area is 218 Å². The van der Waals surface area contributed by atoms with Crippen molar-refractivity contribution in [3.8, 4) is 5.75 Å². The topological polar surface area (TPSA) is 63.7 Å². The molecule has 1 aliphatic heterocycles. The van der Waals surface area contributed by atoms with E-state index in [1.807, 2.05) is 6.07 Å². The van der Waals surface area contributed by atoms with Gasteiger partial charge in [0.15, 0.2) is 5.78 Å². The largest absolute Gasteiger partial charge is 0.489 e. The fourth-order valence-electron chi connectivity index (χ4n) is 4.98. The van der Waals surface area contributed by atoms with E-state index in [4.69, 9.17) is 4.74 Å². The molecule has 5 rings (SSSR count). The fraction of sp³-hybridized carbons (Fsp3) is 0.321. The van der Waals surface area contributed by atoms with Crippen molar-refractivity contribution < 1.29 is 35.5 Å². The third-order valence-electron chi connectivity index (χ3n) is 7.10. The molecule has 5 nitrogen and oxygen atoms in total. The van der Waals surface area contributed by atoms with Crippen LogP contribution in [0.1, 0.15) is 29.5 Å². The maximum absolute atomic E-state index is 13.3. The smallest absolute Gasteiger partial charge is 0.416 e. The van der Waals surface area contributed by atoms with Crippen LogP contribution in [0.25, 0.3) is 0 Å². The molecule has 2 aliphatic rings. The summed E-state index contributed by atoms with van der Waals surface area (Å²) in [4.78, 5) is 13.2. The standard InChI is InChI=1S/C28H25F4NO4S/c29-22-9-11-24(12-10-22)38(35,36)33-16-20-15-25(20)27(33)26(34)13-6-18-2-1-3-23(14-18)37-17-19-4-7-21(8-5-19)28(30,31)32/h1-5,7-12,14,20,25,27H,6,13,15-17H2/t20-,25-,27+/m1/s1. The van der Waals surface area contributed by atoms with Gasteiger partial charge < -0.3 is 4.74 Å². The molecule has 0 amide bonds. The first kappa shape index (κ1) is 26.4. The van der Waals surface area contributed by atoms with E-state index in [0.717, 1.165) is 36.2 Å². The number of aryl methyl sites for hydroxylation is 1. The zero-order valence-corrected chi connectivity index (χ0v) is 21.0. The number of carbonyl (C=O) groups excluding carboxylic acids is 1. The number of hydrogen-bond donors (Lipinski definition) is 0. The second kappa shape index (κ2) is 10.1. The summed E-state index contributed by atoms with van der Waals surface area (Å²) in [5, 5.41) is 0. The van der Waals surface area contributed by atoms with Crippen molar-refractivity contribution in [1.82, 2.24) is 4.31 Å². The highest BCUT2D eigenvalue weighted by Crippen LogP contribution is 2.51. The summed E-state index contributed by atoms with van der Waals surface area (Å²) in [7, 11) is -3.92. The molecule has 3 aromatic rings. The van der Waals surface area contributed by atoms with Crippen LogP contribution < -0.4 is 4.74 Å². The Morgan fingerprint density at radius 3 is 2.37 bits per heavy atom. The number of fused-ring (bicyclic) bond motifs is 1. The summed E-state index contributed by atoms with van der Waals surface area (Å²) in [6.07, 6.45) is -3.05. The Bertz CT molecular complexity index is 1420. The van der Waals surface area contributed by atoms with Gasteiger partial charge in [0.25, 0.3) is 0 Å². The van der Waals surface area contributed by atoms with Crippen LogP contribution >= 0.6 is 0 Å². The van der Waals surface area contributed by atoms with E-state index in [2.05, 4.69) is 0 Å². The molecule has 1 saturated carbocycles. The number of ether oxygens (including phenoxy) is 1. The third-order valence-corrected chi connectivity index (χ3v) is 8.96. The van der Waals surface area contributed by atoms with Crippen molar-refractivity contribution in [2.75, 3.05) is 6.54 Å². The molecule has 1 aliphatic carbocycles. The molecule has 38 heavy (non-hydrogen) atoms. The number of rotatable bonds is 9. The highest BCUT2D eigenvalue weighted by molar-refractivity contribution is 7.89. The molecule has 2 fully saturated rings.